The largest absolute Gasteiger partial charge is 0.573 e. The summed E-state index contributed by atoms with van der Waals surface area (Å²) < 4.78 is 47.7. The maximum absolute atomic E-state index is 12.8. The van der Waals surface area contributed by atoms with Crippen molar-refractivity contribution in [1.29, 1.82) is 0 Å². The number of hydrogen-bond donors (Lipinski definition) is 0. The summed E-state index contributed by atoms with van der Waals surface area (Å²) in [4.78, 5) is 42.9. The second kappa shape index (κ2) is 9.80. The molecular weight excluding hydrogens is 463 g/mol. The molecule has 1 aromatic heterocycles. The Balaban J connectivity index is 1.37. The van der Waals surface area contributed by atoms with E-state index in [0.29, 0.717) is 48.8 Å². The number of carbonyl (C=O) groups is 2. The predicted molar refractivity (Wildman–Crippen MR) is 109 cm³/mol. The topological polar surface area (TPSA) is 115 Å². The molecule has 34 heavy (non-hydrogen) atoms. The van der Waals surface area contributed by atoms with Gasteiger partial charge in [-0.3, -0.25) is 9.69 Å². The Labute approximate surface area is 191 Å². The Morgan fingerprint density at radius 3 is 2.38 bits per heavy atom. The molecule has 3 heterocycles. The first-order chi connectivity index (χ1) is 16.2. The van der Waals surface area contributed by atoms with Crippen molar-refractivity contribution in [2.45, 2.75) is 6.36 Å². The number of ether oxygens (including phenoxy) is 2. The molecule has 2 fully saturated rings. The zero-order valence-corrected chi connectivity index (χ0v) is 18.0. The fraction of sp³-hybridized carbons (Fsp3) is 0.526. The van der Waals surface area contributed by atoms with Gasteiger partial charge in [-0.05, 0) is 22.6 Å². The van der Waals surface area contributed by atoms with Crippen LogP contribution in [0, 0.1) is 0 Å². The van der Waals surface area contributed by atoms with Crippen molar-refractivity contribution in [1.82, 2.24) is 34.5 Å². The highest BCUT2D eigenvalue weighted by molar-refractivity contribution is 5.78. The lowest BCUT2D eigenvalue weighted by atomic mass is 10.3. The molecule has 15 heteroatoms. The molecule has 2 aliphatic rings. The number of halogens is 3. The van der Waals surface area contributed by atoms with Crippen LogP contribution >= 0.6 is 0 Å². The van der Waals surface area contributed by atoms with E-state index >= 15 is 0 Å². The summed E-state index contributed by atoms with van der Waals surface area (Å²) >= 11 is 0. The molecule has 184 valence electrons. The maximum atomic E-state index is 12.8. The van der Waals surface area contributed by atoms with Crippen LogP contribution in [0.3, 0.4) is 0 Å². The number of nitrogens with zero attached hydrogens (tertiary/aromatic N) is 7. The molecule has 0 unspecified atom stereocenters. The third kappa shape index (κ3) is 5.53. The summed E-state index contributed by atoms with van der Waals surface area (Å²) in [5.41, 5.74) is -0.976. The number of piperazine rings is 1. The minimum Gasteiger partial charge on any atom is -0.406 e. The lowest BCUT2D eigenvalue weighted by Crippen LogP contribution is -2.54. The molecule has 0 spiro atoms. The van der Waals surface area contributed by atoms with Gasteiger partial charge in [-0.25, -0.2) is 9.59 Å². The van der Waals surface area contributed by atoms with Crippen LogP contribution in [0.15, 0.2) is 29.1 Å². The van der Waals surface area contributed by atoms with Gasteiger partial charge < -0.3 is 19.3 Å². The minimum atomic E-state index is -4.90. The Kier molecular flexibility index (Phi) is 6.83. The number of benzene rings is 1. The van der Waals surface area contributed by atoms with E-state index in [1.807, 2.05) is 4.90 Å². The summed E-state index contributed by atoms with van der Waals surface area (Å²) in [5, 5.41) is 7.18. The third-order valence-electron chi connectivity index (χ3n) is 5.42. The molecule has 4 rings (SSSR count). The average Bonchev–Trinajstić information content (AvgIpc) is 3.20. The van der Waals surface area contributed by atoms with Gasteiger partial charge in [0, 0.05) is 45.3 Å². The number of aromatic nitrogens is 4. The number of tetrazole rings is 1. The summed E-state index contributed by atoms with van der Waals surface area (Å²) in [5.74, 6) is -0.542. The summed E-state index contributed by atoms with van der Waals surface area (Å²) in [6, 6.07) is 3.90. The van der Waals surface area contributed by atoms with Gasteiger partial charge in [0.1, 0.15) is 5.75 Å². The van der Waals surface area contributed by atoms with E-state index in [4.69, 9.17) is 4.74 Å². The van der Waals surface area contributed by atoms with E-state index in [9.17, 15) is 27.6 Å². The quantitative estimate of drug-likeness (QED) is 0.546. The number of carbonyl (C=O) groups excluding carboxylic acids is 2. The standard InChI is InChI=1S/C19H22F3N7O5/c20-19(21,22)34-15-3-1-2-14(12-15)28-18(32)29(24-23-28)17(31)27-6-4-25(5-7-27)13-16(30)26-8-10-33-11-9-26/h1-3,12H,4-11,13H2. The van der Waals surface area contributed by atoms with Crippen molar-refractivity contribution in [2.24, 2.45) is 0 Å². The van der Waals surface area contributed by atoms with Crippen molar-refractivity contribution in [3.8, 4) is 11.4 Å². The van der Waals surface area contributed by atoms with E-state index in [2.05, 4.69) is 15.2 Å². The van der Waals surface area contributed by atoms with Gasteiger partial charge in [-0.1, -0.05) is 6.07 Å². The van der Waals surface area contributed by atoms with Crippen molar-refractivity contribution in [3.63, 3.8) is 0 Å². The molecule has 2 amide bonds. The van der Waals surface area contributed by atoms with Crippen molar-refractivity contribution in [3.05, 3.63) is 34.7 Å². The van der Waals surface area contributed by atoms with Gasteiger partial charge in [0.2, 0.25) is 5.91 Å². The summed E-state index contributed by atoms with van der Waals surface area (Å²) in [6.07, 6.45) is -4.90. The maximum Gasteiger partial charge on any atom is 0.573 e. The number of amides is 2. The summed E-state index contributed by atoms with van der Waals surface area (Å²) in [6.45, 7) is 3.78. The van der Waals surface area contributed by atoms with Crippen LogP contribution in [0.5, 0.6) is 5.75 Å². The van der Waals surface area contributed by atoms with Crippen LogP contribution in [0.4, 0.5) is 18.0 Å². The lowest BCUT2D eigenvalue weighted by molar-refractivity contribution is -0.274. The zero-order valence-electron chi connectivity index (χ0n) is 18.0. The molecule has 2 aliphatic heterocycles. The first-order valence-corrected chi connectivity index (χ1v) is 10.5. The molecule has 0 radical (unpaired) electrons. The molecule has 2 aromatic rings. The molecule has 12 nitrogen and oxygen atoms in total. The smallest absolute Gasteiger partial charge is 0.406 e. The minimum absolute atomic E-state index is 0.000952. The van der Waals surface area contributed by atoms with Crippen LogP contribution in [0.25, 0.3) is 5.69 Å². The Morgan fingerprint density at radius 1 is 1.00 bits per heavy atom. The van der Waals surface area contributed by atoms with E-state index in [1.165, 1.54) is 17.0 Å². The van der Waals surface area contributed by atoms with E-state index in [0.717, 1.165) is 12.1 Å². The van der Waals surface area contributed by atoms with Gasteiger partial charge in [0.15, 0.2) is 0 Å². The normalized spacial score (nSPS) is 17.6. The SMILES string of the molecule is O=C(CN1CCN(C(=O)n2nnn(-c3cccc(OC(F)(F)F)c3)c2=O)CC1)N1CCOCC1. The van der Waals surface area contributed by atoms with Gasteiger partial charge in [-0.15, -0.1) is 17.9 Å². The Morgan fingerprint density at radius 2 is 1.71 bits per heavy atom. The number of hydrogen-bond acceptors (Lipinski definition) is 8. The molecule has 0 atom stereocenters. The molecule has 0 bridgehead atoms. The van der Waals surface area contributed by atoms with Gasteiger partial charge in [0.25, 0.3) is 0 Å². The Hall–Kier alpha value is -3.46. The summed E-state index contributed by atoms with van der Waals surface area (Å²) in [7, 11) is 0. The van der Waals surface area contributed by atoms with Gasteiger partial charge >= 0.3 is 18.1 Å². The zero-order chi connectivity index (χ0) is 24.3. The first-order valence-electron chi connectivity index (χ1n) is 10.5. The molecule has 2 saturated heterocycles. The Bertz CT molecular complexity index is 1090. The predicted octanol–water partition coefficient (Wildman–Crippen LogP) is -0.228. The second-order valence-corrected chi connectivity index (χ2v) is 7.67. The van der Waals surface area contributed by atoms with E-state index in [1.54, 1.807) is 4.90 Å². The highest BCUT2D eigenvalue weighted by Gasteiger charge is 2.31. The molecule has 0 N–H and O–H groups in total. The van der Waals surface area contributed by atoms with Crippen molar-refractivity contribution in [2.75, 3.05) is 59.0 Å². The van der Waals surface area contributed by atoms with E-state index < -0.39 is 23.8 Å². The van der Waals surface area contributed by atoms with Crippen LogP contribution < -0.4 is 10.4 Å². The lowest BCUT2D eigenvalue weighted by Gasteiger charge is -2.35. The van der Waals surface area contributed by atoms with Gasteiger partial charge in [0.05, 0.1) is 25.4 Å². The fourth-order valence-corrected chi connectivity index (χ4v) is 3.68. The number of morpholine rings is 1. The highest BCUT2D eigenvalue weighted by atomic mass is 19.4. The molecule has 0 aliphatic carbocycles. The van der Waals surface area contributed by atoms with Crippen LogP contribution in [-0.2, 0) is 9.53 Å². The van der Waals surface area contributed by atoms with Crippen LogP contribution in [0.2, 0.25) is 0 Å². The third-order valence-corrected chi connectivity index (χ3v) is 5.42. The first kappa shape index (κ1) is 23.7. The monoisotopic (exact) mass is 485 g/mol. The number of alkyl halides is 3. The van der Waals surface area contributed by atoms with E-state index in [-0.39, 0.29) is 31.2 Å². The molecule has 0 saturated carbocycles. The number of rotatable bonds is 4. The molecule has 1 aromatic carbocycles. The second-order valence-electron chi connectivity index (χ2n) is 7.67. The average molecular weight is 485 g/mol. The van der Waals surface area contributed by atoms with Crippen molar-refractivity contribution < 1.29 is 32.2 Å². The van der Waals surface area contributed by atoms with Crippen LogP contribution in [0.1, 0.15) is 0 Å². The van der Waals surface area contributed by atoms with Gasteiger partial charge in [-0.2, -0.15) is 4.68 Å². The van der Waals surface area contributed by atoms with Crippen LogP contribution in [-0.4, -0.2) is 112 Å². The fourth-order valence-electron chi connectivity index (χ4n) is 3.68. The molecular formula is C19H22F3N7O5. The highest BCUT2D eigenvalue weighted by Crippen LogP contribution is 2.24. The van der Waals surface area contributed by atoms with Crippen molar-refractivity contribution >= 4 is 11.9 Å².